The van der Waals surface area contributed by atoms with Gasteiger partial charge in [-0.05, 0) is 18.2 Å². The molecule has 2 rings (SSSR count). The van der Waals surface area contributed by atoms with Gasteiger partial charge < -0.3 is 5.11 Å². The highest BCUT2D eigenvalue weighted by Crippen LogP contribution is 2.20. The highest BCUT2D eigenvalue weighted by molar-refractivity contribution is 6.31. The highest BCUT2D eigenvalue weighted by Gasteiger charge is 2.24. The van der Waals surface area contributed by atoms with Crippen molar-refractivity contribution in [1.82, 2.24) is 15.2 Å². The predicted octanol–water partition coefficient (Wildman–Crippen LogP) is 1.75. The van der Waals surface area contributed by atoms with Gasteiger partial charge in [-0.2, -0.15) is 0 Å². The van der Waals surface area contributed by atoms with Gasteiger partial charge in [0.15, 0.2) is 0 Å². The van der Waals surface area contributed by atoms with Crippen molar-refractivity contribution in [1.29, 1.82) is 0 Å². The van der Waals surface area contributed by atoms with Gasteiger partial charge in [0.2, 0.25) is 5.82 Å². The highest BCUT2D eigenvalue weighted by atomic mass is 35.5. The van der Waals surface area contributed by atoms with Crippen LogP contribution in [0.4, 0.5) is 5.69 Å². The van der Waals surface area contributed by atoms with Crippen LogP contribution in [0, 0.1) is 0 Å². The fourth-order valence-electron chi connectivity index (χ4n) is 1.73. The van der Waals surface area contributed by atoms with Crippen LogP contribution < -0.4 is 4.90 Å². The van der Waals surface area contributed by atoms with Gasteiger partial charge in [0, 0.05) is 17.1 Å². The van der Waals surface area contributed by atoms with E-state index in [-0.39, 0.29) is 5.82 Å². The Morgan fingerprint density at radius 1 is 1.43 bits per heavy atom. The van der Waals surface area contributed by atoms with Crippen LogP contribution in [0.25, 0.3) is 0 Å². The fourth-order valence-corrected chi connectivity index (χ4v) is 1.91. The van der Waals surface area contributed by atoms with E-state index in [1.807, 2.05) is 6.92 Å². The second kappa shape index (κ2) is 6.36. The summed E-state index contributed by atoms with van der Waals surface area (Å²) in [5, 5.41) is 15.8. The number of carbonyl (C=O) groups excluding carboxylic acids is 1. The Balaban J connectivity index is 2.35. The van der Waals surface area contributed by atoms with Crippen LogP contribution in [0.15, 0.2) is 24.3 Å². The zero-order chi connectivity index (χ0) is 15.4. The number of aromatic nitrogens is 3. The van der Waals surface area contributed by atoms with E-state index in [4.69, 9.17) is 16.7 Å². The number of anilines is 1. The minimum absolute atomic E-state index is 0.0759. The number of amides is 1. The first-order chi connectivity index (χ1) is 10.0. The largest absolute Gasteiger partial charge is 0.480 e. The summed E-state index contributed by atoms with van der Waals surface area (Å²) in [6.07, 6.45) is 0.594. The third-order valence-electron chi connectivity index (χ3n) is 2.72. The standard InChI is InChI=1S/C13H13ClN4O3/c1-2-10-15-12(17-16-10)13(21)18(7-11(19)20)9-5-3-4-8(14)6-9/h3-6H,2,7H2,1H3,(H,19,20)(H,15,16,17). The lowest BCUT2D eigenvalue weighted by Crippen LogP contribution is -2.36. The number of nitrogens with zero attached hydrogens (tertiary/aromatic N) is 3. The molecule has 1 amide bonds. The van der Waals surface area contributed by atoms with Crippen molar-refractivity contribution >= 4 is 29.2 Å². The maximum atomic E-state index is 12.4. The van der Waals surface area contributed by atoms with E-state index >= 15 is 0 Å². The number of aryl methyl sites for hydroxylation is 1. The summed E-state index contributed by atoms with van der Waals surface area (Å²) in [5.74, 6) is -1.27. The van der Waals surface area contributed by atoms with Crippen LogP contribution in [0.5, 0.6) is 0 Å². The smallest absolute Gasteiger partial charge is 0.323 e. The van der Waals surface area contributed by atoms with Gasteiger partial charge in [-0.15, -0.1) is 5.10 Å². The second-order valence-corrected chi connectivity index (χ2v) is 4.66. The lowest BCUT2D eigenvalue weighted by Gasteiger charge is -2.19. The Morgan fingerprint density at radius 2 is 2.19 bits per heavy atom. The van der Waals surface area contributed by atoms with E-state index in [1.165, 1.54) is 6.07 Å². The first kappa shape index (κ1) is 15.0. The third-order valence-corrected chi connectivity index (χ3v) is 2.95. The number of aliphatic carboxylic acids is 1. The maximum Gasteiger partial charge on any atom is 0.323 e. The second-order valence-electron chi connectivity index (χ2n) is 4.22. The zero-order valence-electron chi connectivity index (χ0n) is 11.2. The van der Waals surface area contributed by atoms with Gasteiger partial charge in [0.1, 0.15) is 12.4 Å². The summed E-state index contributed by atoms with van der Waals surface area (Å²) in [6, 6.07) is 6.38. The monoisotopic (exact) mass is 308 g/mol. The van der Waals surface area contributed by atoms with Gasteiger partial charge in [0.25, 0.3) is 5.91 Å². The normalized spacial score (nSPS) is 10.4. The predicted molar refractivity (Wildman–Crippen MR) is 76.5 cm³/mol. The first-order valence-electron chi connectivity index (χ1n) is 6.21. The molecule has 0 radical (unpaired) electrons. The van der Waals surface area contributed by atoms with Crippen LogP contribution in [-0.4, -0.2) is 38.7 Å². The minimum atomic E-state index is -1.14. The molecule has 2 aromatic rings. The lowest BCUT2D eigenvalue weighted by molar-refractivity contribution is -0.135. The molecule has 0 aliphatic rings. The van der Waals surface area contributed by atoms with Gasteiger partial charge in [0.05, 0.1) is 0 Å². The van der Waals surface area contributed by atoms with Crippen LogP contribution in [0.3, 0.4) is 0 Å². The van der Waals surface area contributed by atoms with E-state index < -0.39 is 18.4 Å². The van der Waals surface area contributed by atoms with E-state index in [0.717, 1.165) is 4.90 Å². The molecule has 0 spiro atoms. The van der Waals surface area contributed by atoms with Crippen molar-refractivity contribution in [3.63, 3.8) is 0 Å². The molecule has 0 saturated heterocycles. The molecule has 1 heterocycles. The molecule has 110 valence electrons. The molecule has 8 heteroatoms. The van der Waals surface area contributed by atoms with Crippen LogP contribution in [-0.2, 0) is 11.2 Å². The maximum absolute atomic E-state index is 12.4. The molecular formula is C13H13ClN4O3. The molecule has 0 bridgehead atoms. The molecule has 21 heavy (non-hydrogen) atoms. The molecule has 0 aliphatic carbocycles. The topological polar surface area (TPSA) is 99.2 Å². The average molecular weight is 309 g/mol. The summed E-state index contributed by atoms with van der Waals surface area (Å²) in [4.78, 5) is 28.5. The van der Waals surface area contributed by atoms with Crippen LogP contribution >= 0.6 is 11.6 Å². The summed E-state index contributed by atoms with van der Waals surface area (Å²) in [6.45, 7) is 1.36. The number of benzene rings is 1. The van der Waals surface area contributed by atoms with Crippen molar-refractivity contribution in [2.75, 3.05) is 11.4 Å². The molecule has 1 aromatic carbocycles. The Morgan fingerprint density at radius 3 is 2.76 bits per heavy atom. The molecule has 7 nitrogen and oxygen atoms in total. The lowest BCUT2D eigenvalue weighted by atomic mass is 10.2. The van der Waals surface area contributed by atoms with Crippen molar-refractivity contribution in [2.45, 2.75) is 13.3 Å². The fraction of sp³-hybridized carbons (Fsp3) is 0.231. The Labute approximate surface area is 125 Å². The number of aromatic amines is 1. The molecule has 1 aromatic heterocycles. The Hall–Kier alpha value is -2.41. The molecule has 0 fully saturated rings. The summed E-state index contributed by atoms with van der Waals surface area (Å²) < 4.78 is 0. The van der Waals surface area contributed by atoms with Gasteiger partial charge >= 0.3 is 5.97 Å². The molecule has 2 N–H and O–H groups in total. The van der Waals surface area contributed by atoms with Crippen LogP contribution in [0.1, 0.15) is 23.4 Å². The Kier molecular flexibility index (Phi) is 4.54. The van der Waals surface area contributed by atoms with Gasteiger partial charge in [-0.3, -0.25) is 19.6 Å². The minimum Gasteiger partial charge on any atom is -0.480 e. The first-order valence-corrected chi connectivity index (χ1v) is 6.59. The van der Waals surface area contributed by atoms with Gasteiger partial charge in [-0.1, -0.05) is 24.6 Å². The zero-order valence-corrected chi connectivity index (χ0v) is 12.0. The van der Waals surface area contributed by atoms with Gasteiger partial charge in [-0.25, -0.2) is 4.98 Å². The number of hydrogen-bond acceptors (Lipinski definition) is 4. The average Bonchev–Trinajstić information content (AvgIpc) is 2.92. The molecule has 0 aliphatic heterocycles. The van der Waals surface area contributed by atoms with E-state index in [1.54, 1.807) is 18.2 Å². The third kappa shape index (κ3) is 3.57. The number of halogens is 1. The summed E-state index contributed by atoms with van der Waals surface area (Å²) in [5.41, 5.74) is 0.373. The number of nitrogens with one attached hydrogen (secondary N) is 1. The number of carboxylic acids is 1. The van der Waals surface area contributed by atoms with Crippen molar-refractivity contribution < 1.29 is 14.7 Å². The summed E-state index contributed by atoms with van der Waals surface area (Å²) >= 11 is 5.88. The van der Waals surface area contributed by atoms with E-state index in [0.29, 0.717) is 23.0 Å². The van der Waals surface area contributed by atoms with E-state index in [2.05, 4.69) is 15.2 Å². The number of H-pyrrole nitrogens is 1. The number of hydrogen-bond donors (Lipinski definition) is 2. The number of carbonyl (C=O) groups is 2. The van der Waals surface area contributed by atoms with Crippen LogP contribution in [0.2, 0.25) is 5.02 Å². The molecule has 0 saturated carbocycles. The SMILES string of the molecule is CCc1nc(C(=O)N(CC(=O)O)c2cccc(Cl)c2)n[nH]1. The van der Waals surface area contributed by atoms with E-state index in [9.17, 15) is 9.59 Å². The summed E-state index contributed by atoms with van der Waals surface area (Å²) in [7, 11) is 0. The molecular weight excluding hydrogens is 296 g/mol. The molecule has 0 atom stereocenters. The van der Waals surface area contributed by atoms with Crippen molar-refractivity contribution in [3.05, 3.63) is 40.9 Å². The number of carboxylic acid groups (broad SMARTS) is 1. The molecule has 0 unspecified atom stereocenters. The number of rotatable bonds is 5. The van der Waals surface area contributed by atoms with Crippen molar-refractivity contribution in [3.8, 4) is 0 Å². The van der Waals surface area contributed by atoms with Crippen molar-refractivity contribution in [2.24, 2.45) is 0 Å². The Bertz CT molecular complexity index is 671. The quantitative estimate of drug-likeness (QED) is 0.876.